The van der Waals surface area contributed by atoms with E-state index in [-0.39, 0.29) is 4.32 Å². The van der Waals surface area contributed by atoms with E-state index in [1.54, 1.807) is 0 Å². The summed E-state index contributed by atoms with van der Waals surface area (Å²) in [5.41, 5.74) is 1.18. The lowest BCUT2D eigenvalue weighted by Gasteiger charge is -2.28. The fourth-order valence-corrected chi connectivity index (χ4v) is 2.16. The van der Waals surface area contributed by atoms with Crippen LogP contribution in [0.5, 0.6) is 0 Å². The van der Waals surface area contributed by atoms with Crippen molar-refractivity contribution in [3.05, 3.63) is 11.3 Å². The van der Waals surface area contributed by atoms with Crippen LogP contribution < -0.4 is 0 Å². The van der Waals surface area contributed by atoms with Crippen LogP contribution in [0, 0.1) is 5.92 Å². The Morgan fingerprint density at radius 2 is 2.08 bits per heavy atom. The summed E-state index contributed by atoms with van der Waals surface area (Å²) in [6, 6.07) is 0. The minimum absolute atomic E-state index is 0.0305. The third-order valence-electron chi connectivity index (χ3n) is 2.49. The molecule has 0 saturated carbocycles. The lowest BCUT2D eigenvalue weighted by atomic mass is 9.84. The van der Waals surface area contributed by atoms with Crippen LogP contribution in [-0.2, 0) is 0 Å². The highest BCUT2D eigenvalue weighted by Crippen LogP contribution is 2.38. The zero-order chi connectivity index (χ0) is 9.35. The van der Waals surface area contributed by atoms with Crippen molar-refractivity contribution < 1.29 is 5.11 Å². The summed E-state index contributed by atoms with van der Waals surface area (Å²) in [5.74, 6) is 1.25. The molecule has 70 valence electrons. The molecule has 2 heteroatoms. The molecule has 0 aromatic rings. The van der Waals surface area contributed by atoms with Crippen molar-refractivity contribution in [1.82, 2.24) is 0 Å². The van der Waals surface area contributed by atoms with Crippen molar-refractivity contribution in [2.24, 2.45) is 5.92 Å². The SMILES string of the molecule is C[C@@H]1CCC(C(C)(C)Br)=C(O)C1. The predicted molar refractivity (Wildman–Crippen MR) is 55.7 cm³/mol. The van der Waals surface area contributed by atoms with E-state index < -0.39 is 0 Å². The summed E-state index contributed by atoms with van der Waals surface area (Å²) in [6.45, 7) is 6.37. The normalized spacial score (nSPS) is 26.2. The van der Waals surface area contributed by atoms with Gasteiger partial charge in [0.1, 0.15) is 0 Å². The predicted octanol–water partition coefficient (Wildman–Crippen LogP) is 3.79. The number of alkyl halides is 1. The first kappa shape index (κ1) is 10.1. The van der Waals surface area contributed by atoms with Crippen LogP contribution in [0.2, 0.25) is 0 Å². The number of rotatable bonds is 1. The smallest absolute Gasteiger partial charge is 0.0931 e. The van der Waals surface area contributed by atoms with Gasteiger partial charge in [0.05, 0.1) is 5.76 Å². The molecule has 1 aliphatic carbocycles. The van der Waals surface area contributed by atoms with Crippen molar-refractivity contribution in [2.75, 3.05) is 0 Å². The number of hydrogen-bond donors (Lipinski definition) is 1. The third kappa shape index (κ3) is 2.25. The van der Waals surface area contributed by atoms with E-state index in [2.05, 4.69) is 36.7 Å². The van der Waals surface area contributed by atoms with E-state index in [0.29, 0.717) is 11.7 Å². The molecule has 0 fully saturated rings. The van der Waals surface area contributed by atoms with Crippen molar-refractivity contribution in [3.63, 3.8) is 0 Å². The summed E-state index contributed by atoms with van der Waals surface area (Å²) < 4.78 is -0.0305. The Hall–Kier alpha value is 0.0200. The van der Waals surface area contributed by atoms with Gasteiger partial charge in [0.15, 0.2) is 0 Å². The van der Waals surface area contributed by atoms with Crippen LogP contribution in [0.3, 0.4) is 0 Å². The van der Waals surface area contributed by atoms with Gasteiger partial charge in [-0.15, -0.1) is 0 Å². The standard InChI is InChI=1S/C10H17BrO/c1-7-4-5-8(9(12)6-7)10(2,3)11/h7,12H,4-6H2,1-3H3/t7-/m1/s1. The third-order valence-corrected chi connectivity index (χ3v) is 2.97. The lowest BCUT2D eigenvalue weighted by molar-refractivity contribution is 0.315. The largest absolute Gasteiger partial charge is 0.512 e. The molecule has 0 heterocycles. The molecule has 1 N–H and O–H groups in total. The van der Waals surface area contributed by atoms with Crippen LogP contribution in [0.25, 0.3) is 0 Å². The van der Waals surface area contributed by atoms with Gasteiger partial charge in [0.25, 0.3) is 0 Å². The minimum Gasteiger partial charge on any atom is -0.512 e. The molecule has 12 heavy (non-hydrogen) atoms. The van der Waals surface area contributed by atoms with Crippen LogP contribution in [0.4, 0.5) is 0 Å². The van der Waals surface area contributed by atoms with Gasteiger partial charge in [-0.2, -0.15) is 0 Å². The average molecular weight is 233 g/mol. The zero-order valence-corrected chi connectivity index (χ0v) is 9.61. The number of allylic oxidation sites excluding steroid dienone is 2. The molecule has 0 unspecified atom stereocenters. The highest BCUT2D eigenvalue weighted by molar-refractivity contribution is 9.10. The molecule has 0 amide bonds. The van der Waals surface area contributed by atoms with Crippen LogP contribution >= 0.6 is 15.9 Å². The van der Waals surface area contributed by atoms with Crippen molar-refractivity contribution >= 4 is 15.9 Å². The quantitative estimate of drug-likeness (QED) is 0.683. The first-order chi connectivity index (χ1) is 5.41. The maximum atomic E-state index is 9.72. The van der Waals surface area contributed by atoms with Crippen molar-refractivity contribution in [3.8, 4) is 0 Å². The second-order valence-electron chi connectivity index (χ2n) is 4.25. The molecule has 1 nitrogen and oxygen atoms in total. The molecule has 0 bridgehead atoms. The second kappa shape index (κ2) is 3.41. The topological polar surface area (TPSA) is 20.2 Å². The van der Waals surface area contributed by atoms with Gasteiger partial charge in [0, 0.05) is 10.7 Å². The van der Waals surface area contributed by atoms with E-state index in [1.165, 1.54) is 12.0 Å². The Balaban J connectivity index is 2.83. The second-order valence-corrected chi connectivity index (χ2v) is 6.23. The van der Waals surface area contributed by atoms with E-state index in [4.69, 9.17) is 0 Å². The summed E-state index contributed by atoms with van der Waals surface area (Å²) in [7, 11) is 0. The summed E-state index contributed by atoms with van der Waals surface area (Å²) >= 11 is 3.58. The molecule has 0 aromatic carbocycles. The Labute approximate surface area is 83.0 Å². The van der Waals surface area contributed by atoms with E-state index in [1.807, 2.05) is 0 Å². The summed E-state index contributed by atoms with van der Waals surface area (Å²) in [5, 5.41) is 9.72. The van der Waals surface area contributed by atoms with Crippen LogP contribution in [0.15, 0.2) is 11.3 Å². The first-order valence-electron chi connectivity index (χ1n) is 4.51. The molecule has 1 rings (SSSR count). The molecule has 0 spiro atoms. The van der Waals surface area contributed by atoms with Crippen molar-refractivity contribution in [1.29, 1.82) is 0 Å². The van der Waals surface area contributed by atoms with Crippen LogP contribution in [-0.4, -0.2) is 9.43 Å². The number of aliphatic hydroxyl groups is 1. The molecule has 0 radical (unpaired) electrons. The van der Waals surface area contributed by atoms with Crippen LogP contribution in [0.1, 0.15) is 40.0 Å². The number of hydrogen-bond acceptors (Lipinski definition) is 1. The Morgan fingerprint density at radius 1 is 1.50 bits per heavy atom. The summed E-state index contributed by atoms with van der Waals surface area (Å²) in [6.07, 6.45) is 3.09. The highest BCUT2D eigenvalue weighted by Gasteiger charge is 2.27. The molecule has 0 aromatic heterocycles. The minimum atomic E-state index is -0.0305. The molecule has 0 saturated heterocycles. The highest BCUT2D eigenvalue weighted by atomic mass is 79.9. The fraction of sp³-hybridized carbons (Fsp3) is 0.800. The Kier molecular flexibility index (Phi) is 2.87. The zero-order valence-electron chi connectivity index (χ0n) is 8.02. The average Bonchev–Trinajstić information content (AvgIpc) is 1.83. The Bertz CT molecular complexity index is 200. The monoisotopic (exact) mass is 232 g/mol. The first-order valence-corrected chi connectivity index (χ1v) is 5.31. The van der Waals surface area contributed by atoms with Crippen molar-refractivity contribution in [2.45, 2.75) is 44.4 Å². The molecule has 1 aliphatic rings. The molecule has 0 aliphatic heterocycles. The summed E-state index contributed by atoms with van der Waals surface area (Å²) in [4.78, 5) is 0. The van der Waals surface area contributed by atoms with Gasteiger partial charge < -0.3 is 5.11 Å². The maximum Gasteiger partial charge on any atom is 0.0931 e. The number of halogens is 1. The van der Waals surface area contributed by atoms with Gasteiger partial charge in [-0.25, -0.2) is 0 Å². The van der Waals surface area contributed by atoms with Gasteiger partial charge in [-0.05, 0) is 38.2 Å². The molecular weight excluding hydrogens is 216 g/mol. The van der Waals surface area contributed by atoms with Gasteiger partial charge in [-0.1, -0.05) is 22.9 Å². The number of aliphatic hydroxyl groups excluding tert-OH is 1. The fourth-order valence-electron chi connectivity index (χ4n) is 1.73. The van der Waals surface area contributed by atoms with E-state index >= 15 is 0 Å². The lowest BCUT2D eigenvalue weighted by Crippen LogP contribution is -2.20. The van der Waals surface area contributed by atoms with Gasteiger partial charge in [0.2, 0.25) is 0 Å². The van der Waals surface area contributed by atoms with E-state index in [0.717, 1.165) is 12.8 Å². The maximum absolute atomic E-state index is 9.72. The van der Waals surface area contributed by atoms with Gasteiger partial charge >= 0.3 is 0 Å². The van der Waals surface area contributed by atoms with Gasteiger partial charge in [-0.3, -0.25) is 0 Å². The van der Waals surface area contributed by atoms with E-state index in [9.17, 15) is 5.11 Å². The Morgan fingerprint density at radius 3 is 2.50 bits per heavy atom. The molecular formula is C10H17BrO. The molecule has 1 atom stereocenters.